The number of nitrogens with zero attached hydrogens (tertiary/aromatic N) is 3. The third-order valence-corrected chi connectivity index (χ3v) is 5.81. The highest BCUT2D eigenvalue weighted by Crippen LogP contribution is 2.23. The first-order valence-corrected chi connectivity index (χ1v) is 11.2. The van der Waals surface area contributed by atoms with Crippen molar-refractivity contribution in [1.82, 2.24) is 20.3 Å². The molecule has 0 aliphatic rings. The predicted octanol–water partition coefficient (Wildman–Crippen LogP) is 5.90. The summed E-state index contributed by atoms with van der Waals surface area (Å²) in [4.78, 5) is 1.53. The number of benzene rings is 3. The van der Waals surface area contributed by atoms with Gasteiger partial charge < -0.3 is 5.32 Å². The Balaban J connectivity index is 1.50. The predicted molar refractivity (Wildman–Crippen MR) is 127 cm³/mol. The van der Waals surface area contributed by atoms with Crippen LogP contribution in [0.15, 0.2) is 78.9 Å². The molecule has 0 spiro atoms. The Bertz CT molecular complexity index is 1120. The lowest BCUT2D eigenvalue weighted by Gasteiger charge is -2.13. The van der Waals surface area contributed by atoms with Crippen molar-refractivity contribution in [3.63, 3.8) is 0 Å². The highest BCUT2D eigenvalue weighted by molar-refractivity contribution is 6.31. The fourth-order valence-corrected chi connectivity index (χ4v) is 3.84. The summed E-state index contributed by atoms with van der Waals surface area (Å²) in [5.74, 6) is -0.356. The van der Waals surface area contributed by atoms with Crippen LogP contribution in [0, 0.1) is 5.82 Å². The van der Waals surface area contributed by atoms with Crippen LogP contribution in [0.1, 0.15) is 30.2 Å². The Labute approximate surface area is 193 Å². The second-order valence-corrected chi connectivity index (χ2v) is 8.31. The van der Waals surface area contributed by atoms with Crippen LogP contribution < -0.4 is 5.32 Å². The lowest BCUT2D eigenvalue weighted by atomic mass is 10.1. The Morgan fingerprint density at radius 2 is 1.66 bits per heavy atom. The van der Waals surface area contributed by atoms with E-state index in [9.17, 15) is 4.39 Å². The van der Waals surface area contributed by atoms with Gasteiger partial charge in [0.1, 0.15) is 17.2 Å². The van der Waals surface area contributed by atoms with Gasteiger partial charge in [0.25, 0.3) is 0 Å². The van der Waals surface area contributed by atoms with E-state index in [2.05, 4.69) is 46.7 Å². The first-order valence-electron chi connectivity index (χ1n) is 10.8. The normalized spacial score (nSPS) is 12.1. The molecule has 3 aromatic carbocycles. The maximum absolute atomic E-state index is 14.3. The van der Waals surface area contributed by atoms with Crippen LogP contribution in [0.2, 0.25) is 5.02 Å². The molecule has 1 atom stereocenters. The average Bonchev–Trinajstić information content (AvgIpc) is 3.23. The zero-order chi connectivity index (χ0) is 22.3. The molecular formula is C26H26ClFN4. The number of rotatable bonds is 9. The SMILES string of the molecule is C[C@H](CCc1ccccc1)NCc1nn(Cc2c(F)cccc2Cl)nc1-c1ccccc1. The summed E-state index contributed by atoms with van der Waals surface area (Å²) in [6, 6.07) is 25.4. The standard InChI is InChI=1S/C26H26ClFN4/c1-19(15-16-20-9-4-2-5-10-20)29-17-25-26(21-11-6-3-7-12-21)31-32(30-25)18-22-23(27)13-8-14-24(22)28/h2-14,19,29H,15-18H2,1H3/t19-/m1/s1. The Hall–Kier alpha value is -3.02. The van der Waals surface area contributed by atoms with Gasteiger partial charge in [-0.05, 0) is 37.5 Å². The van der Waals surface area contributed by atoms with Crippen molar-refractivity contribution >= 4 is 11.6 Å². The number of halogens is 2. The van der Waals surface area contributed by atoms with Crippen LogP contribution in [-0.2, 0) is 19.5 Å². The molecule has 0 fully saturated rings. The first-order chi connectivity index (χ1) is 15.6. The molecule has 0 aliphatic heterocycles. The molecule has 0 bridgehead atoms. The zero-order valence-electron chi connectivity index (χ0n) is 18.0. The number of hydrogen-bond donors (Lipinski definition) is 1. The molecule has 6 heteroatoms. The third-order valence-electron chi connectivity index (χ3n) is 5.46. The van der Waals surface area contributed by atoms with Gasteiger partial charge in [0.2, 0.25) is 0 Å². The van der Waals surface area contributed by atoms with E-state index in [1.54, 1.807) is 12.1 Å². The average molecular weight is 449 g/mol. The molecule has 4 nitrogen and oxygen atoms in total. The number of aromatic nitrogens is 3. The molecule has 0 amide bonds. The summed E-state index contributed by atoms with van der Waals surface area (Å²) in [6.07, 6.45) is 2.03. The minimum absolute atomic E-state index is 0.175. The van der Waals surface area contributed by atoms with Gasteiger partial charge >= 0.3 is 0 Å². The topological polar surface area (TPSA) is 42.7 Å². The second kappa shape index (κ2) is 10.5. The quantitative estimate of drug-likeness (QED) is 0.347. The second-order valence-electron chi connectivity index (χ2n) is 7.90. The smallest absolute Gasteiger partial charge is 0.129 e. The molecule has 0 saturated carbocycles. The molecule has 1 N–H and O–H groups in total. The van der Waals surface area contributed by atoms with Gasteiger partial charge in [-0.1, -0.05) is 78.3 Å². The molecule has 0 aliphatic carbocycles. The highest BCUT2D eigenvalue weighted by Gasteiger charge is 2.16. The van der Waals surface area contributed by atoms with E-state index in [4.69, 9.17) is 11.6 Å². The maximum atomic E-state index is 14.3. The van der Waals surface area contributed by atoms with Gasteiger partial charge in [0, 0.05) is 28.7 Å². The van der Waals surface area contributed by atoms with E-state index in [1.165, 1.54) is 16.4 Å². The van der Waals surface area contributed by atoms with Gasteiger partial charge in [-0.15, -0.1) is 0 Å². The Morgan fingerprint density at radius 3 is 2.38 bits per heavy atom. The van der Waals surface area contributed by atoms with E-state index in [1.807, 2.05) is 36.4 Å². The summed E-state index contributed by atoms with van der Waals surface area (Å²) in [5, 5.41) is 13.3. The maximum Gasteiger partial charge on any atom is 0.129 e. The van der Waals surface area contributed by atoms with Crippen LogP contribution in [-0.4, -0.2) is 21.0 Å². The van der Waals surface area contributed by atoms with Crippen molar-refractivity contribution in [2.45, 2.75) is 38.9 Å². The molecule has 164 valence electrons. The van der Waals surface area contributed by atoms with E-state index >= 15 is 0 Å². The third kappa shape index (κ3) is 5.61. The van der Waals surface area contributed by atoms with E-state index in [0.717, 1.165) is 29.8 Å². The molecular weight excluding hydrogens is 423 g/mol. The summed E-state index contributed by atoms with van der Waals surface area (Å²) in [6.45, 7) is 2.93. The largest absolute Gasteiger partial charge is 0.309 e. The molecule has 0 radical (unpaired) electrons. The van der Waals surface area contributed by atoms with Crippen molar-refractivity contribution < 1.29 is 4.39 Å². The number of nitrogens with one attached hydrogen (secondary N) is 1. The van der Waals surface area contributed by atoms with Crippen molar-refractivity contribution in [2.75, 3.05) is 0 Å². The van der Waals surface area contributed by atoms with Gasteiger partial charge in [0.05, 0.1) is 6.54 Å². The van der Waals surface area contributed by atoms with Crippen molar-refractivity contribution in [3.05, 3.63) is 107 Å². The fraction of sp³-hybridized carbons (Fsp3) is 0.231. The van der Waals surface area contributed by atoms with Gasteiger partial charge in [-0.2, -0.15) is 15.0 Å². The van der Waals surface area contributed by atoms with Crippen LogP contribution in [0.5, 0.6) is 0 Å². The molecule has 4 aromatic rings. The molecule has 0 unspecified atom stereocenters. The van der Waals surface area contributed by atoms with Crippen LogP contribution in [0.25, 0.3) is 11.3 Å². The Morgan fingerprint density at radius 1 is 0.938 bits per heavy atom. The zero-order valence-corrected chi connectivity index (χ0v) is 18.8. The molecule has 1 heterocycles. The van der Waals surface area contributed by atoms with Crippen LogP contribution >= 0.6 is 11.6 Å². The molecule has 0 saturated heterocycles. The van der Waals surface area contributed by atoms with E-state index in [0.29, 0.717) is 23.2 Å². The van der Waals surface area contributed by atoms with E-state index < -0.39 is 0 Å². The lowest BCUT2D eigenvalue weighted by molar-refractivity contribution is 0.501. The summed E-state index contributed by atoms with van der Waals surface area (Å²) >= 11 is 6.21. The van der Waals surface area contributed by atoms with Crippen LogP contribution in [0.3, 0.4) is 0 Å². The van der Waals surface area contributed by atoms with E-state index in [-0.39, 0.29) is 12.4 Å². The minimum atomic E-state index is -0.356. The summed E-state index contributed by atoms with van der Waals surface area (Å²) in [7, 11) is 0. The monoisotopic (exact) mass is 448 g/mol. The van der Waals surface area contributed by atoms with Crippen molar-refractivity contribution in [2.24, 2.45) is 0 Å². The highest BCUT2D eigenvalue weighted by atomic mass is 35.5. The van der Waals surface area contributed by atoms with Crippen molar-refractivity contribution in [1.29, 1.82) is 0 Å². The molecule has 1 aromatic heterocycles. The Kier molecular flexibility index (Phi) is 7.30. The lowest BCUT2D eigenvalue weighted by Crippen LogP contribution is -2.26. The molecule has 32 heavy (non-hydrogen) atoms. The first kappa shape index (κ1) is 22.2. The van der Waals surface area contributed by atoms with Crippen molar-refractivity contribution in [3.8, 4) is 11.3 Å². The molecule has 4 rings (SSSR count). The summed E-state index contributed by atoms with van der Waals surface area (Å²) in [5.41, 5.74) is 4.32. The van der Waals surface area contributed by atoms with Gasteiger partial charge in [0.15, 0.2) is 0 Å². The van der Waals surface area contributed by atoms with Crippen LogP contribution in [0.4, 0.5) is 4.39 Å². The van der Waals surface area contributed by atoms with Gasteiger partial charge in [-0.3, -0.25) is 0 Å². The number of hydrogen-bond acceptors (Lipinski definition) is 3. The summed E-state index contributed by atoms with van der Waals surface area (Å²) < 4.78 is 14.3. The minimum Gasteiger partial charge on any atom is -0.309 e. The van der Waals surface area contributed by atoms with Gasteiger partial charge in [-0.25, -0.2) is 4.39 Å². The number of aryl methyl sites for hydroxylation is 1. The fourth-order valence-electron chi connectivity index (χ4n) is 3.62.